The summed E-state index contributed by atoms with van der Waals surface area (Å²) >= 11 is 0. The van der Waals surface area contributed by atoms with Crippen LogP contribution in [-0.2, 0) is 15.0 Å². The Morgan fingerprint density at radius 1 is 1.33 bits per heavy atom. The van der Waals surface area contributed by atoms with Crippen LogP contribution in [0.2, 0.25) is 0 Å². The molecule has 0 aromatic rings. The molecule has 0 saturated heterocycles. The van der Waals surface area contributed by atoms with Crippen LogP contribution in [0.15, 0.2) is 0 Å². The predicted octanol–water partition coefficient (Wildman–Crippen LogP) is 0.146. The van der Waals surface area contributed by atoms with Crippen molar-refractivity contribution in [1.82, 2.24) is 14.3 Å². The molecular weight excluding hydrogens is 294 g/mol. The van der Waals surface area contributed by atoms with Crippen LogP contribution < -0.4 is 9.44 Å². The average molecular weight is 319 g/mol. The lowest BCUT2D eigenvalue weighted by Crippen LogP contribution is -2.57. The van der Waals surface area contributed by atoms with E-state index < -0.39 is 16.2 Å². The maximum Gasteiger partial charge on any atom is 0.317 e. The Kier molecular flexibility index (Phi) is 5.24. The normalized spacial score (nSPS) is 26.1. The molecule has 0 aromatic carbocycles. The zero-order valence-corrected chi connectivity index (χ0v) is 13.4. The first-order valence-electron chi connectivity index (χ1n) is 7.50. The fourth-order valence-corrected chi connectivity index (χ4v) is 4.01. The highest BCUT2D eigenvalue weighted by Crippen LogP contribution is 2.33. The lowest BCUT2D eigenvalue weighted by Gasteiger charge is -2.42. The Balaban J connectivity index is 1.79. The summed E-state index contributed by atoms with van der Waals surface area (Å²) in [6.07, 6.45) is 3.71. The molecule has 2 rings (SSSR count). The molecule has 2 fully saturated rings. The van der Waals surface area contributed by atoms with Crippen LogP contribution in [0, 0.1) is 5.92 Å². The van der Waals surface area contributed by atoms with Gasteiger partial charge in [0.2, 0.25) is 0 Å². The first-order valence-corrected chi connectivity index (χ1v) is 8.99. The van der Waals surface area contributed by atoms with Crippen molar-refractivity contribution in [3.8, 4) is 0 Å². The number of carboxylic acids is 1. The third-order valence-corrected chi connectivity index (χ3v) is 5.30. The fourth-order valence-electron chi connectivity index (χ4n) is 2.69. The largest absolute Gasteiger partial charge is 0.480 e. The van der Waals surface area contributed by atoms with Crippen molar-refractivity contribution in [1.29, 1.82) is 0 Å². The van der Waals surface area contributed by atoms with Gasteiger partial charge in [0.15, 0.2) is 0 Å². The van der Waals surface area contributed by atoms with Gasteiger partial charge in [-0.25, -0.2) is 0 Å². The van der Waals surface area contributed by atoms with E-state index in [-0.39, 0.29) is 24.7 Å². The molecule has 0 amide bonds. The van der Waals surface area contributed by atoms with Gasteiger partial charge in [-0.05, 0) is 45.4 Å². The smallest absolute Gasteiger partial charge is 0.317 e. The topological polar surface area (TPSA) is 98.7 Å². The third kappa shape index (κ3) is 5.54. The molecule has 7 nitrogen and oxygen atoms in total. The molecule has 122 valence electrons. The highest BCUT2D eigenvalue weighted by atomic mass is 32.2. The van der Waals surface area contributed by atoms with Gasteiger partial charge < -0.3 is 5.11 Å². The Morgan fingerprint density at radius 2 is 1.95 bits per heavy atom. The standard InChI is InChI=1S/C13H25N3O4S/c1-9(2)14-21(19,20)15-11-5-12(6-11)16(8-13(17)18)7-10-3-4-10/h9-12,14-15H,3-8H2,1-2H3,(H,17,18). The summed E-state index contributed by atoms with van der Waals surface area (Å²) in [5, 5.41) is 8.97. The predicted molar refractivity (Wildman–Crippen MR) is 79.1 cm³/mol. The SMILES string of the molecule is CC(C)NS(=O)(=O)NC1CC(N(CC(=O)O)CC2CC2)C1. The van der Waals surface area contributed by atoms with Crippen LogP contribution in [0.5, 0.6) is 0 Å². The second-order valence-electron chi connectivity index (χ2n) is 6.48. The number of carbonyl (C=O) groups is 1. The van der Waals surface area contributed by atoms with Crippen LogP contribution in [-0.4, -0.2) is 55.6 Å². The van der Waals surface area contributed by atoms with Crippen LogP contribution in [0.3, 0.4) is 0 Å². The van der Waals surface area contributed by atoms with Crippen LogP contribution in [0.1, 0.15) is 39.5 Å². The summed E-state index contributed by atoms with van der Waals surface area (Å²) in [4.78, 5) is 12.9. The summed E-state index contributed by atoms with van der Waals surface area (Å²) in [5.74, 6) is -0.191. The van der Waals surface area contributed by atoms with Crippen molar-refractivity contribution < 1.29 is 18.3 Å². The van der Waals surface area contributed by atoms with E-state index in [1.54, 1.807) is 13.8 Å². The molecule has 0 spiro atoms. The van der Waals surface area contributed by atoms with Crippen molar-refractivity contribution in [3.63, 3.8) is 0 Å². The maximum absolute atomic E-state index is 11.8. The first kappa shape index (κ1) is 16.7. The van der Waals surface area contributed by atoms with Crippen molar-refractivity contribution in [3.05, 3.63) is 0 Å². The molecule has 21 heavy (non-hydrogen) atoms. The third-order valence-electron chi connectivity index (χ3n) is 3.87. The van der Waals surface area contributed by atoms with Crippen molar-refractivity contribution in [2.75, 3.05) is 13.1 Å². The monoisotopic (exact) mass is 319 g/mol. The number of carboxylic acid groups (broad SMARTS) is 1. The molecule has 0 aliphatic heterocycles. The molecule has 0 radical (unpaired) electrons. The van der Waals surface area contributed by atoms with Crippen molar-refractivity contribution in [2.24, 2.45) is 5.92 Å². The van der Waals surface area contributed by atoms with E-state index in [0.29, 0.717) is 18.8 Å². The zero-order chi connectivity index (χ0) is 15.6. The van der Waals surface area contributed by atoms with Gasteiger partial charge in [0, 0.05) is 24.7 Å². The minimum Gasteiger partial charge on any atom is -0.480 e. The molecule has 0 unspecified atom stereocenters. The Bertz CT molecular complexity index is 470. The quantitative estimate of drug-likeness (QED) is 0.562. The molecular formula is C13H25N3O4S. The Morgan fingerprint density at radius 3 is 2.43 bits per heavy atom. The van der Waals surface area contributed by atoms with E-state index in [2.05, 4.69) is 9.44 Å². The zero-order valence-electron chi connectivity index (χ0n) is 12.6. The molecule has 0 aromatic heterocycles. The summed E-state index contributed by atoms with van der Waals surface area (Å²) in [6, 6.07) is -0.0630. The first-order chi connectivity index (χ1) is 9.75. The molecule has 2 aliphatic rings. The summed E-state index contributed by atoms with van der Waals surface area (Å²) in [6.45, 7) is 4.41. The van der Waals surface area contributed by atoms with E-state index >= 15 is 0 Å². The van der Waals surface area contributed by atoms with Gasteiger partial charge in [-0.1, -0.05) is 0 Å². The van der Waals surface area contributed by atoms with Gasteiger partial charge in [0.05, 0.1) is 6.54 Å². The molecule has 0 atom stereocenters. The van der Waals surface area contributed by atoms with E-state index in [1.807, 2.05) is 4.90 Å². The number of rotatable bonds is 9. The highest BCUT2D eigenvalue weighted by molar-refractivity contribution is 7.87. The fraction of sp³-hybridized carbons (Fsp3) is 0.923. The minimum absolute atomic E-state index is 0.0465. The van der Waals surface area contributed by atoms with Gasteiger partial charge in [-0.15, -0.1) is 0 Å². The van der Waals surface area contributed by atoms with Gasteiger partial charge in [-0.3, -0.25) is 9.69 Å². The number of hydrogen-bond donors (Lipinski definition) is 3. The maximum atomic E-state index is 11.8. The number of aliphatic carboxylic acids is 1. The molecule has 3 N–H and O–H groups in total. The second-order valence-corrected chi connectivity index (χ2v) is 7.96. The molecule has 0 bridgehead atoms. The van der Waals surface area contributed by atoms with Gasteiger partial charge >= 0.3 is 5.97 Å². The van der Waals surface area contributed by atoms with E-state index in [1.165, 1.54) is 12.8 Å². The average Bonchev–Trinajstić information content (AvgIpc) is 3.03. The summed E-state index contributed by atoms with van der Waals surface area (Å²) in [5.41, 5.74) is 0. The molecule has 8 heteroatoms. The summed E-state index contributed by atoms with van der Waals surface area (Å²) < 4.78 is 28.6. The molecule has 2 aliphatic carbocycles. The number of nitrogens with zero attached hydrogens (tertiary/aromatic N) is 1. The van der Waals surface area contributed by atoms with E-state index in [0.717, 1.165) is 6.54 Å². The van der Waals surface area contributed by atoms with E-state index in [9.17, 15) is 13.2 Å². The van der Waals surface area contributed by atoms with Gasteiger partial charge in [0.25, 0.3) is 10.2 Å². The molecule has 0 heterocycles. The highest BCUT2D eigenvalue weighted by Gasteiger charge is 2.38. The van der Waals surface area contributed by atoms with Gasteiger partial charge in [0.1, 0.15) is 0 Å². The number of nitrogens with one attached hydrogen (secondary N) is 2. The van der Waals surface area contributed by atoms with Crippen LogP contribution >= 0.6 is 0 Å². The van der Waals surface area contributed by atoms with Crippen LogP contribution in [0.25, 0.3) is 0 Å². The lowest BCUT2D eigenvalue weighted by molar-refractivity contribution is -0.139. The van der Waals surface area contributed by atoms with Crippen molar-refractivity contribution >= 4 is 16.2 Å². The number of hydrogen-bond acceptors (Lipinski definition) is 4. The lowest BCUT2D eigenvalue weighted by atomic mass is 9.86. The Hall–Kier alpha value is -0.700. The summed E-state index contributed by atoms with van der Waals surface area (Å²) in [7, 11) is -3.46. The minimum atomic E-state index is -3.46. The Labute approximate surface area is 126 Å². The second kappa shape index (κ2) is 6.60. The van der Waals surface area contributed by atoms with Crippen molar-refractivity contribution in [2.45, 2.75) is 57.7 Å². The van der Waals surface area contributed by atoms with Crippen LogP contribution in [0.4, 0.5) is 0 Å². The van der Waals surface area contributed by atoms with Gasteiger partial charge in [-0.2, -0.15) is 17.9 Å². The van der Waals surface area contributed by atoms with E-state index in [4.69, 9.17) is 5.11 Å². The molecule has 2 saturated carbocycles.